The summed E-state index contributed by atoms with van der Waals surface area (Å²) in [5, 5.41) is 4.26. The minimum Gasteiger partial charge on any atom is -0.497 e. The van der Waals surface area contributed by atoms with Gasteiger partial charge in [0.05, 0.1) is 19.0 Å². The molecule has 0 spiro atoms. The summed E-state index contributed by atoms with van der Waals surface area (Å²) in [5.41, 5.74) is 2.46. The van der Waals surface area contributed by atoms with Crippen LogP contribution in [0.4, 0.5) is 14.5 Å². The number of benzene rings is 1. The smallest absolute Gasteiger partial charge is 0.280 e. The fourth-order valence-corrected chi connectivity index (χ4v) is 3.98. The Kier molecular flexibility index (Phi) is 5.15. The maximum Gasteiger partial charge on any atom is 0.280 e. The molecule has 0 aliphatic carbocycles. The number of alkyl halides is 2. The Hall–Kier alpha value is -2.70. The average Bonchev–Trinajstić information content (AvgIpc) is 3.16. The average molecular weight is 386 g/mol. The van der Waals surface area contributed by atoms with Crippen molar-refractivity contribution in [2.24, 2.45) is 0 Å². The van der Waals surface area contributed by atoms with Gasteiger partial charge in [-0.25, -0.2) is 18.3 Å². The molecule has 2 aromatic heterocycles. The van der Waals surface area contributed by atoms with Crippen LogP contribution in [-0.4, -0.2) is 34.3 Å². The lowest BCUT2D eigenvalue weighted by Gasteiger charge is -2.36. The van der Waals surface area contributed by atoms with E-state index in [4.69, 9.17) is 9.72 Å². The molecule has 1 saturated heterocycles. The van der Waals surface area contributed by atoms with Gasteiger partial charge in [0.1, 0.15) is 17.1 Å². The van der Waals surface area contributed by atoms with Crippen molar-refractivity contribution >= 4 is 11.3 Å². The number of piperidine rings is 1. The van der Waals surface area contributed by atoms with Crippen LogP contribution in [0.15, 0.2) is 36.5 Å². The molecule has 0 saturated carbocycles. The zero-order chi connectivity index (χ0) is 19.7. The molecule has 1 aliphatic heterocycles. The number of methoxy groups -OCH3 is 1. The van der Waals surface area contributed by atoms with E-state index in [1.165, 1.54) is 17.0 Å². The van der Waals surface area contributed by atoms with Gasteiger partial charge in [0.25, 0.3) is 6.43 Å². The molecule has 1 atom stereocenters. The Balaban J connectivity index is 1.85. The number of hydrogen-bond donors (Lipinski definition) is 0. The molecule has 0 amide bonds. The number of fused-ring (bicyclic) bond motifs is 1. The quantitative estimate of drug-likeness (QED) is 0.611. The van der Waals surface area contributed by atoms with E-state index in [1.54, 1.807) is 25.4 Å². The molecule has 0 radical (unpaired) electrons. The van der Waals surface area contributed by atoms with Gasteiger partial charge in [-0.2, -0.15) is 5.10 Å². The highest BCUT2D eigenvalue weighted by molar-refractivity contribution is 5.73. The number of anilines is 1. The van der Waals surface area contributed by atoms with E-state index in [1.807, 2.05) is 12.1 Å². The second-order valence-electron chi connectivity index (χ2n) is 7.11. The van der Waals surface area contributed by atoms with E-state index in [0.717, 1.165) is 37.1 Å². The van der Waals surface area contributed by atoms with Gasteiger partial charge in [-0.3, -0.25) is 0 Å². The van der Waals surface area contributed by atoms with E-state index in [2.05, 4.69) is 16.9 Å². The predicted molar refractivity (Wildman–Crippen MR) is 105 cm³/mol. The lowest BCUT2D eigenvalue weighted by Crippen LogP contribution is -2.39. The SMILES string of the molecule is CCC1CCCCN1c1cnn2c(C(F)F)cc(-c3ccc(OC)cc3)nc12. The van der Waals surface area contributed by atoms with E-state index >= 15 is 0 Å². The number of ether oxygens (including phenoxy) is 1. The second kappa shape index (κ2) is 7.73. The van der Waals surface area contributed by atoms with Crippen molar-refractivity contribution < 1.29 is 13.5 Å². The number of hydrogen-bond acceptors (Lipinski definition) is 4. The minimum absolute atomic E-state index is 0.146. The minimum atomic E-state index is -2.64. The van der Waals surface area contributed by atoms with Crippen LogP contribution < -0.4 is 9.64 Å². The van der Waals surface area contributed by atoms with Crippen molar-refractivity contribution in [1.82, 2.24) is 14.6 Å². The Bertz CT molecular complexity index is 955. The van der Waals surface area contributed by atoms with Crippen LogP contribution in [0, 0.1) is 0 Å². The largest absolute Gasteiger partial charge is 0.497 e. The van der Waals surface area contributed by atoms with Crippen LogP contribution in [-0.2, 0) is 0 Å². The molecule has 3 heterocycles. The van der Waals surface area contributed by atoms with Crippen molar-refractivity contribution in [3.05, 3.63) is 42.2 Å². The number of rotatable bonds is 5. The number of aromatic nitrogens is 3. The van der Waals surface area contributed by atoms with Gasteiger partial charge in [-0.05, 0) is 56.0 Å². The molecule has 1 fully saturated rings. The topological polar surface area (TPSA) is 42.7 Å². The van der Waals surface area contributed by atoms with Gasteiger partial charge in [0.15, 0.2) is 5.65 Å². The first-order valence-corrected chi connectivity index (χ1v) is 9.70. The van der Waals surface area contributed by atoms with E-state index in [9.17, 15) is 8.78 Å². The van der Waals surface area contributed by atoms with Gasteiger partial charge in [0, 0.05) is 18.2 Å². The zero-order valence-electron chi connectivity index (χ0n) is 16.1. The Morgan fingerprint density at radius 3 is 2.68 bits per heavy atom. The molecule has 0 bridgehead atoms. The van der Waals surface area contributed by atoms with Gasteiger partial charge in [-0.1, -0.05) is 6.92 Å². The summed E-state index contributed by atoms with van der Waals surface area (Å²) < 4.78 is 34.0. The van der Waals surface area contributed by atoms with Crippen molar-refractivity contribution in [3.63, 3.8) is 0 Å². The third kappa shape index (κ3) is 3.30. The van der Waals surface area contributed by atoms with Crippen molar-refractivity contribution in [3.8, 4) is 17.0 Å². The molecule has 3 aromatic rings. The second-order valence-corrected chi connectivity index (χ2v) is 7.11. The van der Waals surface area contributed by atoms with E-state index < -0.39 is 6.43 Å². The maximum absolute atomic E-state index is 13.8. The normalized spacial score (nSPS) is 17.5. The molecule has 4 rings (SSSR count). The highest BCUT2D eigenvalue weighted by Gasteiger charge is 2.26. The summed E-state index contributed by atoms with van der Waals surface area (Å²) >= 11 is 0. The fraction of sp³-hybridized carbons (Fsp3) is 0.429. The Labute approximate surface area is 162 Å². The highest BCUT2D eigenvalue weighted by atomic mass is 19.3. The third-order valence-corrected chi connectivity index (χ3v) is 5.50. The van der Waals surface area contributed by atoms with Crippen molar-refractivity contribution in [1.29, 1.82) is 0 Å². The van der Waals surface area contributed by atoms with E-state index in [-0.39, 0.29) is 5.69 Å². The lowest BCUT2D eigenvalue weighted by atomic mass is 10.00. The molecule has 1 unspecified atom stereocenters. The molecule has 148 valence electrons. The van der Waals surface area contributed by atoms with Crippen LogP contribution in [0.3, 0.4) is 0 Å². The zero-order valence-corrected chi connectivity index (χ0v) is 16.1. The molecule has 1 aliphatic rings. The monoisotopic (exact) mass is 386 g/mol. The number of nitrogens with zero attached hydrogens (tertiary/aromatic N) is 4. The van der Waals surface area contributed by atoms with Gasteiger partial charge in [0.2, 0.25) is 0 Å². The first-order valence-electron chi connectivity index (χ1n) is 9.70. The molecule has 7 heteroatoms. The van der Waals surface area contributed by atoms with Gasteiger partial charge < -0.3 is 9.64 Å². The summed E-state index contributed by atoms with van der Waals surface area (Å²) in [4.78, 5) is 7.02. The molecule has 1 aromatic carbocycles. The predicted octanol–water partition coefficient (Wildman–Crippen LogP) is 5.11. The standard InChI is InChI=1S/C21H24F2N4O/c1-3-15-6-4-5-11-26(15)19-13-24-27-18(20(22)23)12-17(25-21(19)27)14-7-9-16(28-2)10-8-14/h7-10,12-13,15,20H,3-6,11H2,1-2H3. The summed E-state index contributed by atoms with van der Waals surface area (Å²) in [7, 11) is 1.59. The van der Waals surface area contributed by atoms with Crippen LogP contribution in [0.1, 0.15) is 44.7 Å². The molecule has 28 heavy (non-hydrogen) atoms. The summed E-state index contributed by atoms with van der Waals surface area (Å²) in [6.07, 6.45) is 3.44. The molecular weight excluding hydrogens is 362 g/mol. The fourth-order valence-electron chi connectivity index (χ4n) is 3.98. The van der Waals surface area contributed by atoms with Crippen LogP contribution in [0.25, 0.3) is 16.9 Å². The molecular formula is C21H24F2N4O. The van der Waals surface area contributed by atoms with Crippen LogP contribution >= 0.6 is 0 Å². The Morgan fingerprint density at radius 1 is 1.21 bits per heavy atom. The number of halogens is 2. The van der Waals surface area contributed by atoms with Crippen LogP contribution in [0.5, 0.6) is 5.75 Å². The summed E-state index contributed by atoms with van der Waals surface area (Å²) in [5.74, 6) is 0.711. The maximum atomic E-state index is 13.8. The molecule has 0 N–H and O–H groups in total. The van der Waals surface area contributed by atoms with Gasteiger partial charge in [-0.15, -0.1) is 0 Å². The van der Waals surface area contributed by atoms with Crippen LogP contribution in [0.2, 0.25) is 0 Å². The molecule has 5 nitrogen and oxygen atoms in total. The first kappa shape index (κ1) is 18.7. The van der Waals surface area contributed by atoms with Crippen molar-refractivity contribution in [2.45, 2.75) is 45.1 Å². The Morgan fingerprint density at radius 2 is 2.00 bits per heavy atom. The summed E-state index contributed by atoms with van der Waals surface area (Å²) in [6, 6.07) is 9.08. The summed E-state index contributed by atoms with van der Waals surface area (Å²) in [6.45, 7) is 3.06. The van der Waals surface area contributed by atoms with Gasteiger partial charge >= 0.3 is 0 Å². The lowest BCUT2D eigenvalue weighted by molar-refractivity contribution is 0.143. The highest BCUT2D eigenvalue weighted by Crippen LogP contribution is 2.33. The third-order valence-electron chi connectivity index (χ3n) is 5.50. The van der Waals surface area contributed by atoms with E-state index in [0.29, 0.717) is 23.1 Å². The van der Waals surface area contributed by atoms with Crippen molar-refractivity contribution in [2.75, 3.05) is 18.6 Å². The first-order chi connectivity index (χ1) is 13.6.